The van der Waals surface area contributed by atoms with E-state index in [1.165, 1.54) is 36.1 Å². The first-order valence-electron chi connectivity index (χ1n) is 8.52. The molecule has 0 unspecified atom stereocenters. The highest BCUT2D eigenvalue weighted by atomic mass is 19.4. The Labute approximate surface area is 167 Å². The van der Waals surface area contributed by atoms with Gasteiger partial charge in [0.05, 0.1) is 6.20 Å². The molecule has 2 aromatic heterocycles. The van der Waals surface area contributed by atoms with Crippen LogP contribution in [-0.4, -0.2) is 33.0 Å². The van der Waals surface area contributed by atoms with Crippen molar-refractivity contribution in [1.82, 2.24) is 15.0 Å². The summed E-state index contributed by atoms with van der Waals surface area (Å²) in [7, 11) is 0. The Hall–Kier alpha value is -3.89. The first-order chi connectivity index (χ1) is 14.2. The number of alkyl halides is 3. The summed E-state index contributed by atoms with van der Waals surface area (Å²) in [6.07, 6.45) is -1.01. The maximum Gasteiger partial charge on any atom is 0.573 e. The molecule has 0 spiro atoms. The third kappa shape index (κ3) is 6.06. The SMILES string of the molecule is CC(=O)c1ccc(Cn2ncc(NC(=O)/C=C/c3cccc(OC(F)(F)F)c3)n2)o1. The van der Waals surface area contributed by atoms with Gasteiger partial charge in [-0.05, 0) is 35.9 Å². The summed E-state index contributed by atoms with van der Waals surface area (Å²) < 4.78 is 46.0. The number of carbonyl (C=O) groups is 2. The quantitative estimate of drug-likeness (QED) is 0.463. The number of nitrogens with one attached hydrogen (secondary N) is 1. The molecule has 3 aromatic rings. The smallest absolute Gasteiger partial charge is 0.456 e. The number of nitrogens with zero attached hydrogens (tertiary/aromatic N) is 3. The van der Waals surface area contributed by atoms with Crippen LogP contribution in [0.3, 0.4) is 0 Å². The number of carbonyl (C=O) groups excluding carboxylic acids is 2. The maximum atomic E-state index is 12.3. The van der Waals surface area contributed by atoms with Crippen LogP contribution in [0.5, 0.6) is 5.75 Å². The first-order valence-corrected chi connectivity index (χ1v) is 8.52. The van der Waals surface area contributed by atoms with Crippen LogP contribution >= 0.6 is 0 Å². The summed E-state index contributed by atoms with van der Waals surface area (Å²) >= 11 is 0. The lowest BCUT2D eigenvalue weighted by molar-refractivity contribution is -0.274. The zero-order valence-electron chi connectivity index (χ0n) is 15.5. The zero-order chi connectivity index (χ0) is 21.7. The molecule has 30 heavy (non-hydrogen) atoms. The summed E-state index contributed by atoms with van der Waals surface area (Å²) in [6, 6.07) is 8.35. The molecule has 0 aliphatic carbocycles. The molecule has 0 fully saturated rings. The Bertz CT molecular complexity index is 1090. The van der Waals surface area contributed by atoms with Gasteiger partial charge in [0, 0.05) is 13.0 Å². The highest BCUT2D eigenvalue weighted by Crippen LogP contribution is 2.23. The van der Waals surface area contributed by atoms with Crippen molar-refractivity contribution in [3.63, 3.8) is 0 Å². The summed E-state index contributed by atoms with van der Waals surface area (Å²) in [5, 5.41) is 10.5. The van der Waals surface area contributed by atoms with E-state index in [1.54, 1.807) is 12.1 Å². The molecule has 0 aliphatic heterocycles. The van der Waals surface area contributed by atoms with Crippen LogP contribution in [0.2, 0.25) is 0 Å². The van der Waals surface area contributed by atoms with Gasteiger partial charge in [-0.15, -0.1) is 18.3 Å². The van der Waals surface area contributed by atoms with E-state index in [2.05, 4.69) is 20.3 Å². The number of hydrogen-bond donors (Lipinski definition) is 1. The van der Waals surface area contributed by atoms with Crippen LogP contribution in [-0.2, 0) is 11.3 Å². The highest BCUT2D eigenvalue weighted by molar-refractivity contribution is 6.01. The Balaban J connectivity index is 1.57. The van der Waals surface area contributed by atoms with Crippen molar-refractivity contribution in [2.75, 3.05) is 5.32 Å². The van der Waals surface area contributed by atoms with E-state index in [4.69, 9.17) is 4.42 Å². The second kappa shape index (κ2) is 8.64. The number of rotatable bonds is 7. The largest absolute Gasteiger partial charge is 0.573 e. The predicted octanol–water partition coefficient (Wildman–Crippen LogP) is 3.67. The number of Topliss-reactive ketones (excluding diaryl/α,β-unsaturated/α-hetero) is 1. The molecule has 11 heteroatoms. The Morgan fingerprint density at radius 1 is 1.27 bits per heavy atom. The van der Waals surface area contributed by atoms with Gasteiger partial charge in [-0.2, -0.15) is 9.90 Å². The maximum absolute atomic E-state index is 12.3. The molecule has 0 saturated heterocycles. The topological polar surface area (TPSA) is 99.2 Å². The summed E-state index contributed by atoms with van der Waals surface area (Å²) in [6.45, 7) is 1.54. The van der Waals surface area contributed by atoms with Gasteiger partial charge in [-0.3, -0.25) is 9.59 Å². The van der Waals surface area contributed by atoms with Crippen molar-refractivity contribution in [2.24, 2.45) is 0 Å². The van der Waals surface area contributed by atoms with Gasteiger partial charge in [-0.25, -0.2) is 0 Å². The lowest BCUT2D eigenvalue weighted by atomic mass is 10.2. The van der Waals surface area contributed by atoms with E-state index in [0.29, 0.717) is 11.3 Å². The Morgan fingerprint density at radius 3 is 2.77 bits per heavy atom. The summed E-state index contributed by atoms with van der Waals surface area (Å²) in [5.41, 5.74) is 0.342. The Morgan fingerprint density at radius 2 is 2.07 bits per heavy atom. The summed E-state index contributed by atoms with van der Waals surface area (Å²) in [4.78, 5) is 24.5. The number of benzene rings is 1. The Kier molecular flexibility index (Phi) is 6.00. The van der Waals surface area contributed by atoms with E-state index >= 15 is 0 Å². The molecular formula is C19H15F3N4O4. The molecule has 0 saturated carbocycles. The van der Waals surface area contributed by atoms with Crippen LogP contribution < -0.4 is 10.1 Å². The fraction of sp³-hybridized carbons (Fsp3) is 0.158. The van der Waals surface area contributed by atoms with E-state index in [1.807, 2.05) is 0 Å². The molecule has 0 aliphatic rings. The van der Waals surface area contributed by atoms with Gasteiger partial charge in [-0.1, -0.05) is 12.1 Å². The molecular weight excluding hydrogens is 405 g/mol. The molecule has 1 aromatic carbocycles. The normalized spacial score (nSPS) is 11.6. The average molecular weight is 420 g/mol. The second-order valence-corrected chi connectivity index (χ2v) is 6.03. The van der Waals surface area contributed by atoms with Crippen molar-refractivity contribution < 1.29 is 31.9 Å². The number of halogens is 3. The van der Waals surface area contributed by atoms with E-state index < -0.39 is 12.3 Å². The van der Waals surface area contributed by atoms with Crippen molar-refractivity contribution in [3.8, 4) is 5.75 Å². The van der Waals surface area contributed by atoms with Gasteiger partial charge >= 0.3 is 6.36 Å². The van der Waals surface area contributed by atoms with Crippen molar-refractivity contribution in [2.45, 2.75) is 19.8 Å². The van der Waals surface area contributed by atoms with Crippen LogP contribution in [0.4, 0.5) is 19.0 Å². The zero-order valence-corrected chi connectivity index (χ0v) is 15.5. The van der Waals surface area contributed by atoms with E-state index in [0.717, 1.165) is 18.2 Å². The standard InChI is InChI=1S/C19H15F3N4O4/c1-12(27)16-7-6-15(29-16)11-26-23-10-17(25-26)24-18(28)8-5-13-3-2-4-14(9-13)30-19(20,21)22/h2-10H,11H2,1H3,(H,24,25,28)/b8-5+. The number of anilines is 1. The summed E-state index contributed by atoms with van der Waals surface area (Å²) in [5.74, 6) is -0.294. The molecule has 1 amide bonds. The van der Waals surface area contributed by atoms with Crippen LogP contribution in [0.25, 0.3) is 6.08 Å². The molecule has 0 atom stereocenters. The minimum absolute atomic E-state index is 0.158. The third-order valence-electron chi connectivity index (χ3n) is 3.61. The van der Waals surface area contributed by atoms with Crippen molar-refractivity contribution >= 4 is 23.6 Å². The average Bonchev–Trinajstić information content (AvgIpc) is 3.29. The van der Waals surface area contributed by atoms with Crippen LogP contribution in [0.1, 0.15) is 28.8 Å². The monoisotopic (exact) mass is 420 g/mol. The molecule has 8 nitrogen and oxygen atoms in total. The minimum atomic E-state index is -4.80. The fourth-order valence-electron chi connectivity index (χ4n) is 2.38. The van der Waals surface area contributed by atoms with Crippen LogP contribution in [0, 0.1) is 0 Å². The van der Waals surface area contributed by atoms with E-state index in [9.17, 15) is 22.8 Å². The van der Waals surface area contributed by atoms with Crippen molar-refractivity contribution in [3.05, 3.63) is 65.8 Å². The van der Waals surface area contributed by atoms with Gasteiger partial charge < -0.3 is 14.5 Å². The van der Waals surface area contributed by atoms with Crippen LogP contribution in [0.15, 0.2) is 53.1 Å². The van der Waals surface area contributed by atoms with Gasteiger partial charge in [0.1, 0.15) is 18.1 Å². The molecule has 0 radical (unpaired) electrons. The molecule has 156 valence electrons. The molecule has 2 heterocycles. The molecule has 0 bridgehead atoms. The molecule has 1 N–H and O–H groups in total. The fourth-order valence-corrected chi connectivity index (χ4v) is 2.38. The number of ether oxygens (including phenoxy) is 1. The van der Waals surface area contributed by atoms with Gasteiger partial charge in [0.2, 0.25) is 5.91 Å². The number of ketones is 1. The van der Waals surface area contributed by atoms with E-state index in [-0.39, 0.29) is 29.7 Å². The number of hydrogen-bond acceptors (Lipinski definition) is 6. The first kappa shape index (κ1) is 20.8. The lowest BCUT2D eigenvalue weighted by Gasteiger charge is -2.08. The molecule has 3 rings (SSSR count). The van der Waals surface area contributed by atoms with Crippen molar-refractivity contribution in [1.29, 1.82) is 0 Å². The number of amides is 1. The third-order valence-corrected chi connectivity index (χ3v) is 3.61. The van der Waals surface area contributed by atoms with Gasteiger partial charge in [0.25, 0.3) is 0 Å². The number of aromatic nitrogens is 3. The number of furan rings is 1. The predicted molar refractivity (Wildman–Crippen MR) is 98.6 cm³/mol. The second-order valence-electron chi connectivity index (χ2n) is 6.03. The lowest BCUT2D eigenvalue weighted by Crippen LogP contribution is -2.17. The van der Waals surface area contributed by atoms with Gasteiger partial charge in [0.15, 0.2) is 17.4 Å². The minimum Gasteiger partial charge on any atom is -0.456 e. The highest BCUT2D eigenvalue weighted by Gasteiger charge is 2.31.